The van der Waals surface area contributed by atoms with Crippen molar-refractivity contribution in [3.63, 3.8) is 0 Å². The highest BCUT2D eigenvalue weighted by Gasteiger charge is 2.19. The van der Waals surface area contributed by atoms with Crippen molar-refractivity contribution in [1.29, 1.82) is 0 Å². The summed E-state index contributed by atoms with van der Waals surface area (Å²) >= 11 is 0. The molecular formula is C18H23N3O. The third kappa shape index (κ3) is 4.28. The van der Waals surface area contributed by atoms with Crippen LogP contribution in [0.2, 0.25) is 0 Å². The number of nitrogens with zero attached hydrogens (tertiary/aromatic N) is 2. The molecule has 0 spiro atoms. The molecule has 1 N–H and O–H groups in total. The van der Waals surface area contributed by atoms with Crippen LogP contribution in [0.4, 0.5) is 5.82 Å². The van der Waals surface area contributed by atoms with Gasteiger partial charge in [-0.2, -0.15) is 0 Å². The summed E-state index contributed by atoms with van der Waals surface area (Å²) in [6.07, 6.45) is 6.18. The van der Waals surface area contributed by atoms with Crippen LogP contribution in [-0.2, 0) is 11.2 Å². The number of ether oxygens (including phenoxy) is 1. The summed E-state index contributed by atoms with van der Waals surface area (Å²) in [7, 11) is 0. The van der Waals surface area contributed by atoms with Crippen LogP contribution in [0, 0.1) is 0 Å². The Bertz CT molecular complexity index is 568. The van der Waals surface area contributed by atoms with Crippen LogP contribution in [0.15, 0.2) is 42.7 Å². The van der Waals surface area contributed by atoms with Gasteiger partial charge in [0, 0.05) is 25.1 Å². The van der Waals surface area contributed by atoms with Gasteiger partial charge in [0.1, 0.15) is 12.1 Å². The summed E-state index contributed by atoms with van der Waals surface area (Å²) in [6, 6.07) is 12.7. The first-order valence-electron chi connectivity index (χ1n) is 8.09. The van der Waals surface area contributed by atoms with E-state index in [2.05, 4.69) is 51.7 Å². The van der Waals surface area contributed by atoms with Gasteiger partial charge in [0.2, 0.25) is 0 Å². The van der Waals surface area contributed by atoms with Gasteiger partial charge in [0.15, 0.2) is 0 Å². The molecule has 22 heavy (non-hydrogen) atoms. The number of hydrogen-bond acceptors (Lipinski definition) is 4. The van der Waals surface area contributed by atoms with Gasteiger partial charge in [-0.15, -0.1) is 0 Å². The summed E-state index contributed by atoms with van der Waals surface area (Å²) in [5.74, 6) is 1.36. The van der Waals surface area contributed by atoms with Crippen molar-refractivity contribution in [2.45, 2.75) is 31.6 Å². The molecule has 1 aromatic heterocycles. The molecule has 0 amide bonds. The van der Waals surface area contributed by atoms with E-state index in [-0.39, 0.29) is 0 Å². The smallest absolute Gasteiger partial charge is 0.129 e. The molecular weight excluding hydrogens is 274 g/mol. The number of aryl methyl sites for hydroxylation is 1. The fraction of sp³-hybridized carbons (Fsp3) is 0.444. The first-order chi connectivity index (χ1) is 10.9. The summed E-state index contributed by atoms with van der Waals surface area (Å²) in [5, 5.41) is 3.40. The molecule has 0 saturated carbocycles. The van der Waals surface area contributed by atoms with E-state index in [9.17, 15) is 0 Å². The minimum Gasteiger partial charge on any atom is -0.381 e. The molecule has 1 aliphatic heterocycles. The number of hydrogen-bond donors (Lipinski definition) is 1. The molecule has 0 radical (unpaired) electrons. The molecule has 1 atom stereocenters. The van der Waals surface area contributed by atoms with Crippen molar-refractivity contribution in [2.75, 3.05) is 25.1 Å². The minimum absolute atomic E-state index is 0.432. The molecule has 3 rings (SSSR count). The van der Waals surface area contributed by atoms with Crippen LogP contribution in [0.1, 0.15) is 36.4 Å². The molecule has 1 fully saturated rings. The van der Waals surface area contributed by atoms with E-state index in [4.69, 9.17) is 4.74 Å². The zero-order valence-corrected chi connectivity index (χ0v) is 12.9. The molecule has 116 valence electrons. The SMILES string of the molecule is c1ccc(CCCCNc2cc([C@H]3CCOC3)ncn2)cc1. The first kappa shape index (κ1) is 15.0. The third-order valence-corrected chi connectivity index (χ3v) is 4.08. The summed E-state index contributed by atoms with van der Waals surface area (Å²) < 4.78 is 5.43. The molecule has 2 heterocycles. The molecule has 4 nitrogen and oxygen atoms in total. The van der Waals surface area contributed by atoms with Crippen LogP contribution in [0.3, 0.4) is 0 Å². The van der Waals surface area contributed by atoms with Crippen LogP contribution in [-0.4, -0.2) is 29.7 Å². The van der Waals surface area contributed by atoms with Crippen LogP contribution >= 0.6 is 0 Å². The maximum absolute atomic E-state index is 5.43. The Kier molecular flexibility index (Phi) is 5.37. The predicted molar refractivity (Wildman–Crippen MR) is 88.1 cm³/mol. The highest BCUT2D eigenvalue weighted by molar-refractivity contribution is 5.35. The molecule has 2 aromatic rings. The van der Waals surface area contributed by atoms with Gasteiger partial charge in [-0.25, -0.2) is 9.97 Å². The van der Waals surface area contributed by atoms with Crippen LogP contribution in [0.25, 0.3) is 0 Å². The number of benzene rings is 1. The lowest BCUT2D eigenvalue weighted by atomic mass is 10.1. The van der Waals surface area contributed by atoms with Gasteiger partial charge in [-0.3, -0.25) is 0 Å². The van der Waals surface area contributed by atoms with Crippen molar-refractivity contribution in [3.05, 3.63) is 54.0 Å². The fourth-order valence-electron chi connectivity index (χ4n) is 2.78. The second-order valence-corrected chi connectivity index (χ2v) is 5.76. The summed E-state index contributed by atoms with van der Waals surface area (Å²) in [6.45, 7) is 2.58. The topological polar surface area (TPSA) is 47.0 Å². The van der Waals surface area contributed by atoms with E-state index < -0.39 is 0 Å². The van der Waals surface area contributed by atoms with Crippen molar-refractivity contribution in [3.8, 4) is 0 Å². The third-order valence-electron chi connectivity index (χ3n) is 4.08. The largest absolute Gasteiger partial charge is 0.381 e. The minimum atomic E-state index is 0.432. The number of unbranched alkanes of at least 4 members (excludes halogenated alkanes) is 1. The second-order valence-electron chi connectivity index (χ2n) is 5.76. The fourth-order valence-corrected chi connectivity index (χ4v) is 2.78. The lowest BCUT2D eigenvalue weighted by Crippen LogP contribution is -2.07. The van der Waals surface area contributed by atoms with E-state index in [1.54, 1.807) is 6.33 Å². The van der Waals surface area contributed by atoms with Crippen molar-refractivity contribution in [1.82, 2.24) is 9.97 Å². The van der Waals surface area contributed by atoms with Crippen LogP contribution in [0.5, 0.6) is 0 Å². The number of anilines is 1. The van der Waals surface area contributed by atoms with E-state index in [1.165, 1.54) is 12.0 Å². The molecule has 1 aromatic carbocycles. The predicted octanol–water partition coefficient (Wildman–Crippen LogP) is 3.42. The van der Waals surface area contributed by atoms with E-state index >= 15 is 0 Å². The van der Waals surface area contributed by atoms with Crippen LogP contribution < -0.4 is 5.32 Å². The molecule has 1 aliphatic rings. The molecule has 0 aliphatic carbocycles. The Morgan fingerprint density at radius 2 is 2.05 bits per heavy atom. The highest BCUT2D eigenvalue weighted by Crippen LogP contribution is 2.24. The van der Waals surface area contributed by atoms with Crippen molar-refractivity contribution in [2.24, 2.45) is 0 Å². The summed E-state index contributed by atoms with van der Waals surface area (Å²) in [5.41, 5.74) is 2.51. The highest BCUT2D eigenvalue weighted by atomic mass is 16.5. The normalized spacial score (nSPS) is 17.5. The van der Waals surface area contributed by atoms with Gasteiger partial charge in [-0.05, 0) is 31.2 Å². The number of nitrogens with one attached hydrogen (secondary N) is 1. The number of rotatable bonds is 7. The Labute approximate surface area is 132 Å². The molecule has 0 unspecified atom stereocenters. The Balaban J connectivity index is 1.41. The molecule has 0 bridgehead atoms. The quantitative estimate of drug-likeness (QED) is 0.796. The first-order valence-corrected chi connectivity index (χ1v) is 8.09. The zero-order chi connectivity index (χ0) is 15.0. The average molecular weight is 297 g/mol. The summed E-state index contributed by atoms with van der Waals surface area (Å²) in [4.78, 5) is 8.68. The maximum Gasteiger partial charge on any atom is 0.129 e. The van der Waals surface area contributed by atoms with Gasteiger partial charge in [0.05, 0.1) is 12.3 Å². The second kappa shape index (κ2) is 7.90. The van der Waals surface area contributed by atoms with Gasteiger partial charge >= 0.3 is 0 Å². The Morgan fingerprint density at radius 1 is 1.14 bits per heavy atom. The van der Waals surface area contributed by atoms with Crippen molar-refractivity contribution < 1.29 is 4.74 Å². The zero-order valence-electron chi connectivity index (χ0n) is 12.9. The van der Waals surface area contributed by atoms with E-state index in [0.717, 1.165) is 50.5 Å². The molecule has 4 heteroatoms. The van der Waals surface area contributed by atoms with E-state index in [1.807, 2.05) is 0 Å². The monoisotopic (exact) mass is 297 g/mol. The van der Waals surface area contributed by atoms with Gasteiger partial charge < -0.3 is 10.1 Å². The lowest BCUT2D eigenvalue weighted by molar-refractivity contribution is 0.193. The Hall–Kier alpha value is -1.94. The van der Waals surface area contributed by atoms with Crippen molar-refractivity contribution >= 4 is 5.82 Å². The Morgan fingerprint density at radius 3 is 2.86 bits per heavy atom. The standard InChI is InChI=1S/C18H23N3O/c1-2-6-15(7-3-1)8-4-5-10-19-18-12-17(20-14-21-18)16-9-11-22-13-16/h1-3,6-7,12,14,16H,4-5,8-11,13H2,(H,19,20,21)/t16-/m0/s1. The van der Waals surface area contributed by atoms with E-state index in [0.29, 0.717) is 5.92 Å². The number of aromatic nitrogens is 2. The molecule has 1 saturated heterocycles. The average Bonchev–Trinajstić information content (AvgIpc) is 3.10. The lowest BCUT2D eigenvalue weighted by Gasteiger charge is -2.10. The van der Waals surface area contributed by atoms with Gasteiger partial charge in [0.25, 0.3) is 0 Å². The maximum atomic E-state index is 5.43. The van der Waals surface area contributed by atoms with Gasteiger partial charge in [-0.1, -0.05) is 30.3 Å².